The Bertz CT molecular complexity index is 1060. The van der Waals surface area contributed by atoms with E-state index in [0.717, 1.165) is 5.56 Å². The van der Waals surface area contributed by atoms with E-state index < -0.39 is 23.4 Å². The zero-order chi connectivity index (χ0) is 22.8. The lowest BCUT2D eigenvalue weighted by Crippen LogP contribution is -2.50. The first kappa shape index (κ1) is 21.9. The van der Waals surface area contributed by atoms with Crippen LogP contribution in [0.1, 0.15) is 27.2 Å². The normalized spacial score (nSPS) is 14.2. The third-order valence-corrected chi connectivity index (χ3v) is 4.87. The van der Waals surface area contributed by atoms with Crippen LogP contribution in [0.15, 0.2) is 30.3 Å². The summed E-state index contributed by atoms with van der Waals surface area (Å²) in [6.45, 7) is 2.49. The first-order chi connectivity index (χ1) is 14.6. The summed E-state index contributed by atoms with van der Waals surface area (Å²) in [5.74, 6) is -2.07. The highest BCUT2D eigenvalue weighted by Gasteiger charge is 2.39. The molecule has 2 aromatic rings. The predicted octanol–water partition coefficient (Wildman–Crippen LogP) is 3.33. The number of halogens is 3. The number of aryl methyl sites for hydroxylation is 1. The van der Waals surface area contributed by atoms with Gasteiger partial charge in [0.2, 0.25) is 0 Å². The van der Waals surface area contributed by atoms with E-state index in [1.165, 1.54) is 9.80 Å². The minimum Gasteiger partial charge on any atom is -0.478 e. The van der Waals surface area contributed by atoms with Crippen LogP contribution in [0.25, 0.3) is 0 Å². The van der Waals surface area contributed by atoms with Crippen molar-refractivity contribution in [1.29, 1.82) is 5.26 Å². The fraction of sp³-hybridized carbons (Fsp3) is 0.300. The third kappa shape index (κ3) is 4.69. The standard InChI is InChI=1S/C20H18F3N5O3/c1-12-4-2-3-5-15(12)25-19(31)28-8-6-27(7-9-28)17-13(11-24)10-14(18(29)30)16(26-17)20(21,22)23/h2-5,10H,6-9H2,1H3,(H,25,31)(H,29,30). The van der Waals surface area contributed by atoms with Gasteiger partial charge in [0.05, 0.1) is 11.1 Å². The summed E-state index contributed by atoms with van der Waals surface area (Å²) in [5, 5.41) is 21.2. The Morgan fingerprint density at radius 1 is 1.19 bits per heavy atom. The zero-order valence-corrected chi connectivity index (χ0v) is 16.4. The van der Waals surface area contributed by atoms with Crippen LogP contribution < -0.4 is 10.2 Å². The number of para-hydroxylation sites is 1. The monoisotopic (exact) mass is 433 g/mol. The van der Waals surface area contributed by atoms with Gasteiger partial charge in [0, 0.05) is 31.9 Å². The number of nitriles is 1. The Morgan fingerprint density at radius 2 is 1.84 bits per heavy atom. The fourth-order valence-electron chi connectivity index (χ4n) is 3.23. The number of carbonyl (C=O) groups is 2. The Balaban J connectivity index is 1.79. The van der Waals surface area contributed by atoms with Gasteiger partial charge in [0.15, 0.2) is 5.69 Å². The molecular weight excluding hydrogens is 415 g/mol. The van der Waals surface area contributed by atoms with Crippen molar-refractivity contribution in [2.45, 2.75) is 13.1 Å². The summed E-state index contributed by atoms with van der Waals surface area (Å²) in [7, 11) is 0. The molecule has 0 bridgehead atoms. The van der Waals surface area contributed by atoms with Gasteiger partial charge >= 0.3 is 18.2 Å². The highest BCUT2D eigenvalue weighted by molar-refractivity contribution is 5.91. The molecular formula is C20H18F3N5O3. The highest BCUT2D eigenvalue weighted by Crippen LogP contribution is 2.34. The van der Waals surface area contributed by atoms with Gasteiger partial charge in [-0.1, -0.05) is 18.2 Å². The number of aromatic carboxylic acids is 1. The lowest BCUT2D eigenvalue weighted by molar-refractivity contribution is -0.141. The van der Waals surface area contributed by atoms with Crippen molar-refractivity contribution in [3.8, 4) is 6.07 Å². The van der Waals surface area contributed by atoms with Crippen LogP contribution in [0.4, 0.5) is 29.5 Å². The number of rotatable bonds is 3. The number of amides is 2. The van der Waals surface area contributed by atoms with Crippen LogP contribution >= 0.6 is 0 Å². The van der Waals surface area contributed by atoms with Gasteiger partial charge in [-0.2, -0.15) is 18.4 Å². The molecule has 0 spiro atoms. The van der Waals surface area contributed by atoms with Gasteiger partial charge < -0.3 is 20.2 Å². The predicted molar refractivity (Wildman–Crippen MR) is 105 cm³/mol. The van der Waals surface area contributed by atoms with Crippen molar-refractivity contribution in [1.82, 2.24) is 9.88 Å². The highest BCUT2D eigenvalue weighted by atomic mass is 19.4. The molecule has 11 heteroatoms. The van der Waals surface area contributed by atoms with Gasteiger partial charge in [-0.25, -0.2) is 14.6 Å². The molecule has 31 heavy (non-hydrogen) atoms. The molecule has 0 unspecified atom stereocenters. The Labute approximate surface area is 175 Å². The van der Waals surface area contributed by atoms with E-state index in [1.54, 1.807) is 18.2 Å². The van der Waals surface area contributed by atoms with Gasteiger partial charge in [-0.05, 0) is 24.6 Å². The number of hydrogen-bond acceptors (Lipinski definition) is 5. The minimum atomic E-state index is -4.99. The summed E-state index contributed by atoms with van der Waals surface area (Å²) in [5.41, 5.74) is -1.38. The van der Waals surface area contributed by atoms with E-state index in [0.29, 0.717) is 11.8 Å². The SMILES string of the molecule is Cc1ccccc1NC(=O)N1CCN(c2nc(C(F)(F)F)c(C(=O)O)cc2C#N)CC1. The number of carbonyl (C=O) groups excluding carboxylic acids is 1. The van der Waals surface area contributed by atoms with Crippen LogP contribution in [-0.2, 0) is 6.18 Å². The summed E-state index contributed by atoms with van der Waals surface area (Å²) in [6, 6.07) is 9.29. The van der Waals surface area contributed by atoms with Crippen LogP contribution in [-0.4, -0.2) is 53.2 Å². The summed E-state index contributed by atoms with van der Waals surface area (Å²) >= 11 is 0. The average Bonchev–Trinajstić information content (AvgIpc) is 2.73. The van der Waals surface area contributed by atoms with Crippen LogP contribution in [0.3, 0.4) is 0 Å². The van der Waals surface area contributed by atoms with E-state index in [4.69, 9.17) is 5.11 Å². The molecule has 2 N–H and O–H groups in total. The number of benzene rings is 1. The van der Waals surface area contributed by atoms with Crippen molar-refractivity contribution in [2.75, 3.05) is 36.4 Å². The molecule has 0 atom stereocenters. The number of pyridine rings is 1. The first-order valence-electron chi connectivity index (χ1n) is 9.24. The second-order valence-corrected chi connectivity index (χ2v) is 6.89. The minimum absolute atomic E-state index is 0.132. The fourth-order valence-corrected chi connectivity index (χ4v) is 3.23. The molecule has 0 radical (unpaired) electrons. The largest absolute Gasteiger partial charge is 0.478 e. The Kier molecular flexibility index (Phi) is 6.01. The smallest absolute Gasteiger partial charge is 0.434 e. The van der Waals surface area contributed by atoms with E-state index in [2.05, 4.69) is 10.3 Å². The molecule has 1 fully saturated rings. The molecule has 0 saturated carbocycles. The summed E-state index contributed by atoms with van der Waals surface area (Å²) < 4.78 is 39.9. The molecule has 1 saturated heterocycles. The second kappa shape index (κ2) is 8.51. The van der Waals surface area contributed by atoms with Gasteiger partial charge in [0.25, 0.3) is 0 Å². The van der Waals surface area contributed by atoms with Crippen LogP contribution in [0.2, 0.25) is 0 Å². The number of hydrogen-bond donors (Lipinski definition) is 2. The second-order valence-electron chi connectivity index (χ2n) is 6.89. The van der Waals surface area contributed by atoms with Gasteiger partial charge in [0.1, 0.15) is 11.9 Å². The summed E-state index contributed by atoms with van der Waals surface area (Å²) in [6.07, 6.45) is -4.99. The molecule has 2 amide bonds. The topological polar surface area (TPSA) is 110 Å². The lowest BCUT2D eigenvalue weighted by Gasteiger charge is -2.36. The average molecular weight is 433 g/mol. The van der Waals surface area contributed by atoms with Gasteiger partial charge in [-0.3, -0.25) is 0 Å². The van der Waals surface area contributed by atoms with E-state index in [1.807, 2.05) is 19.1 Å². The number of carboxylic acids is 1. The quantitative estimate of drug-likeness (QED) is 0.769. The lowest BCUT2D eigenvalue weighted by atomic mass is 10.1. The molecule has 8 nitrogen and oxygen atoms in total. The van der Waals surface area contributed by atoms with Crippen molar-refractivity contribution >= 4 is 23.5 Å². The number of nitrogens with one attached hydrogen (secondary N) is 1. The molecule has 0 aliphatic carbocycles. The zero-order valence-electron chi connectivity index (χ0n) is 16.4. The van der Waals surface area contributed by atoms with E-state index >= 15 is 0 Å². The van der Waals surface area contributed by atoms with Crippen molar-refractivity contribution in [3.63, 3.8) is 0 Å². The van der Waals surface area contributed by atoms with Crippen molar-refractivity contribution in [3.05, 3.63) is 52.7 Å². The number of urea groups is 1. The molecule has 1 aromatic heterocycles. The molecule has 1 aromatic carbocycles. The maximum absolute atomic E-state index is 13.3. The number of alkyl halides is 3. The number of piperazine rings is 1. The molecule has 2 heterocycles. The van der Waals surface area contributed by atoms with Crippen molar-refractivity contribution in [2.24, 2.45) is 0 Å². The molecule has 3 rings (SSSR count). The number of aromatic nitrogens is 1. The van der Waals surface area contributed by atoms with Crippen LogP contribution in [0.5, 0.6) is 0 Å². The first-order valence-corrected chi connectivity index (χ1v) is 9.24. The van der Waals surface area contributed by atoms with Crippen LogP contribution in [0, 0.1) is 18.3 Å². The molecule has 1 aliphatic rings. The van der Waals surface area contributed by atoms with Crippen molar-refractivity contribution < 1.29 is 27.9 Å². The Hall–Kier alpha value is -3.81. The maximum atomic E-state index is 13.3. The van der Waals surface area contributed by atoms with Gasteiger partial charge in [-0.15, -0.1) is 0 Å². The maximum Gasteiger partial charge on any atom is 0.434 e. The van der Waals surface area contributed by atoms with E-state index in [-0.39, 0.29) is 43.6 Å². The number of carboxylic acid groups (broad SMARTS) is 1. The summed E-state index contributed by atoms with van der Waals surface area (Å²) in [4.78, 5) is 30.1. The molecule has 162 valence electrons. The number of nitrogens with zero attached hydrogens (tertiary/aromatic N) is 4. The Morgan fingerprint density at radius 3 is 2.39 bits per heavy atom. The third-order valence-electron chi connectivity index (χ3n) is 4.87. The van der Waals surface area contributed by atoms with E-state index in [9.17, 15) is 28.0 Å². The number of anilines is 2. The molecule has 1 aliphatic heterocycles.